The van der Waals surface area contributed by atoms with Crippen LogP contribution in [0.1, 0.15) is 12.5 Å². The van der Waals surface area contributed by atoms with E-state index in [-0.39, 0.29) is 10.3 Å². The van der Waals surface area contributed by atoms with Gasteiger partial charge in [-0.1, -0.05) is 6.58 Å². The molecule has 0 saturated heterocycles. The lowest BCUT2D eigenvalue weighted by atomic mass is 10.1. The molecule has 72 valence electrons. The Hall–Kier alpha value is -1.62. The molecular formula is C9H8N2O2S. The summed E-state index contributed by atoms with van der Waals surface area (Å²) < 4.78 is 5.57. The monoisotopic (exact) mass is 208 g/mol. The maximum absolute atomic E-state index is 11.5. The van der Waals surface area contributed by atoms with Gasteiger partial charge in [-0.05, 0) is 30.8 Å². The highest BCUT2D eigenvalue weighted by Gasteiger charge is 2.17. The van der Waals surface area contributed by atoms with Crippen LogP contribution in [0.15, 0.2) is 23.2 Å². The van der Waals surface area contributed by atoms with Gasteiger partial charge in [0.25, 0.3) is 5.56 Å². The third-order valence-electron chi connectivity index (χ3n) is 1.87. The number of nitrogens with one attached hydrogen (secondary N) is 2. The summed E-state index contributed by atoms with van der Waals surface area (Å²) in [6.45, 7) is 5.55. The molecule has 2 rings (SSSR count). The molecule has 14 heavy (non-hydrogen) atoms. The van der Waals surface area contributed by atoms with Crippen molar-refractivity contribution in [2.75, 3.05) is 0 Å². The Labute approximate surface area is 84.9 Å². The number of fused-ring (bicyclic) bond motifs is 1. The summed E-state index contributed by atoms with van der Waals surface area (Å²) in [4.78, 5) is 16.7. The lowest BCUT2D eigenvalue weighted by molar-refractivity contribution is 0.403. The molecule has 0 amide bonds. The third kappa shape index (κ3) is 1.31. The summed E-state index contributed by atoms with van der Waals surface area (Å²) in [6, 6.07) is 0. The smallest absolute Gasteiger partial charge is 0.263 e. The number of hydrogen-bond acceptors (Lipinski definition) is 3. The van der Waals surface area contributed by atoms with Crippen molar-refractivity contribution in [1.29, 1.82) is 0 Å². The van der Waals surface area contributed by atoms with Crippen molar-refractivity contribution in [1.82, 2.24) is 9.97 Å². The Bertz CT molecular complexity index is 551. The number of rotatable bonds is 0. The predicted molar refractivity (Wildman–Crippen MR) is 55.7 cm³/mol. The van der Waals surface area contributed by atoms with Gasteiger partial charge >= 0.3 is 0 Å². The number of aromatic amines is 2. The lowest BCUT2D eigenvalue weighted by Crippen LogP contribution is -2.17. The van der Waals surface area contributed by atoms with Crippen molar-refractivity contribution in [3.8, 4) is 5.88 Å². The molecule has 1 aromatic rings. The van der Waals surface area contributed by atoms with Crippen LogP contribution in [0.25, 0.3) is 5.57 Å². The highest BCUT2D eigenvalue weighted by atomic mass is 32.1. The second kappa shape index (κ2) is 2.95. The van der Waals surface area contributed by atoms with E-state index in [1.54, 1.807) is 13.0 Å². The van der Waals surface area contributed by atoms with Gasteiger partial charge in [0.05, 0.1) is 0 Å². The maximum Gasteiger partial charge on any atom is 0.263 e. The van der Waals surface area contributed by atoms with Crippen LogP contribution < -0.4 is 10.3 Å². The molecule has 1 aliphatic rings. The minimum absolute atomic E-state index is 0.247. The first-order valence-electron chi connectivity index (χ1n) is 4.00. The topological polar surface area (TPSA) is 57.9 Å². The summed E-state index contributed by atoms with van der Waals surface area (Å²) >= 11 is 4.82. The minimum atomic E-state index is -0.280. The number of H-pyrrole nitrogens is 2. The van der Waals surface area contributed by atoms with Gasteiger partial charge in [-0.15, -0.1) is 0 Å². The van der Waals surface area contributed by atoms with E-state index in [0.717, 1.165) is 0 Å². The first-order valence-corrected chi connectivity index (χ1v) is 4.41. The highest BCUT2D eigenvalue weighted by molar-refractivity contribution is 7.71. The molecule has 0 aliphatic carbocycles. The molecule has 1 aliphatic heterocycles. The summed E-state index contributed by atoms with van der Waals surface area (Å²) in [5.74, 6) is 1.04. The largest absolute Gasteiger partial charge is 0.445 e. The second-order valence-corrected chi connectivity index (χ2v) is 3.40. The van der Waals surface area contributed by atoms with Gasteiger partial charge in [-0.2, -0.15) is 0 Å². The van der Waals surface area contributed by atoms with E-state index in [1.165, 1.54) is 0 Å². The van der Waals surface area contributed by atoms with E-state index in [9.17, 15) is 4.79 Å². The zero-order valence-corrected chi connectivity index (χ0v) is 8.33. The van der Waals surface area contributed by atoms with Crippen LogP contribution in [0, 0.1) is 4.77 Å². The first kappa shape index (κ1) is 8.96. The number of hydrogen-bond donors (Lipinski definition) is 2. The van der Waals surface area contributed by atoms with Crippen molar-refractivity contribution in [3.63, 3.8) is 0 Å². The summed E-state index contributed by atoms with van der Waals surface area (Å²) in [7, 11) is 0. The molecule has 4 nitrogen and oxygen atoms in total. The predicted octanol–water partition coefficient (Wildman–Crippen LogP) is 1.74. The minimum Gasteiger partial charge on any atom is -0.445 e. The molecule has 0 saturated carbocycles. The van der Waals surface area contributed by atoms with E-state index in [1.807, 2.05) is 0 Å². The molecule has 0 atom stereocenters. The molecule has 1 aromatic heterocycles. The van der Waals surface area contributed by atoms with Crippen LogP contribution in [0.3, 0.4) is 0 Å². The molecular weight excluding hydrogens is 200 g/mol. The quantitative estimate of drug-likeness (QED) is 0.638. The van der Waals surface area contributed by atoms with Gasteiger partial charge in [-0.3, -0.25) is 9.78 Å². The Morgan fingerprint density at radius 2 is 2.21 bits per heavy atom. The van der Waals surface area contributed by atoms with Gasteiger partial charge < -0.3 is 9.72 Å². The molecule has 0 radical (unpaired) electrons. The van der Waals surface area contributed by atoms with Crippen molar-refractivity contribution < 1.29 is 4.74 Å². The summed E-state index contributed by atoms with van der Waals surface area (Å²) in [5.41, 5.74) is 0.748. The molecule has 0 aromatic carbocycles. The van der Waals surface area contributed by atoms with Crippen molar-refractivity contribution in [3.05, 3.63) is 39.1 Å². The zero-order chi connectivity index (χ0) is 10.3. The van der Waals surface area contributed by atoms with E-state index < -0.39 is 0 Å². The van der Waals surface area contributed by atoms with Crippen molar-refractivity contribution in [2.45, 2.75) is 6.92 Å². The normalized spacial score (nSPS) is 14.4. The van der Waals surface area contributed by atoms with Crippen molar-refractivity contribution >= 4 is 17.8 Å². The van der Waals surface area contributed by atoms with E-state index in [0.29, 0.717) is 22.8 Å². The second-order valence-electron chi connectivity index (χ2n) is 2.99. The number of aromatic nitrogens is 2. The number of allylic oxidation sites excluding steroid dienone is 3. The molecule has 2 heterocycles. The van der Waals surface area contributed by atoms with E-state index in [4.69, 9.17) is 17.0 Å². The van der Waals surface area contributed by atoms with Gasteiger partial charge in [0, 0.05) is 0 Å². The average molecular weight is 208 g/mol. The molecule has 2 N–H and O–H groups in total. The fraction of sp³-hybridized carbons (Fsp3) is 0.111. The Balaban J connectivity index is 2.78. The molecule has 0 spiro atoms. The third-order valence-corrected chi connectivity index (χ3v) is 2.07. The first-order chi connectivity index (χ1) is 6.58. The average Bonchev–Trinajstić information content (AvgIpc) is 1.99. The highest BCUT2D eigenvalue weighted by Crippen LogP contribution is 2.26. The van der Waals surface area contributed by atoms with Crippen LogP contribution in [-0.4, -0.2) is 9.97 Å². The Morgan fingerprint density at radius 3 is 2.93 bits per heavy atom. The molecule has 5 heteroatoms. The number of ether oxygens (including phenoxy) is 1. The maximum atomic E-state index is 11.5. The van der Waals surface area contributed by atoms with Gasteiger partial charge in [0.2, 0.25) is 5.88 Å². The zero-order valence-electron chi connectivity index (χ0n) is 7.51. The fourth-order valence-electron chi connectivity index (χ4n) is 1.34. The van der Waals surface area contributed by atoms with Gasteiger partial charge in [0.1, 0.15) is 11.3 Å². The van der Waals surface area contributed by atoms with Crippen molar-refractivity contribution in [2.24, 2.45) is 0 Å². The van der Waals surface area contributed by atoms with Crippen LogP contribution in [0.4, 0.5) is 0 Å². The Morgan fingerprint density at radius 1 is 1.50 bits per heavy atom. The van der Waals surface area contributed by atoms with E-state index in [2.05, 4.69) is 16.5 Å². The molecule has 0 bridgehead atoms. The van der Waals surface area contributed by atoms with E-state index >= 15 is 0 Å². The van der Waals surface area contributed by atoms with Gasteiger partial charge in [0.15, 0.2) is 4.77 Å². The van der Waals surface area contributed by atoms with Crippen LogP contribution in [0.5, 0.6) is 5.88 Å². The standard InChI is InChI=1S/C9H8N2O2S/c1-4-3-5(2)13-8-6(4)7(12)10-9(14)11-8/h3H,1H2,2H3,(H2,10,11,12,14). The van der Waals surface area contributed by atoms with Gasteiger partial charge in [-0.25, -0.2) is 0 Å². The van der Waals surface area contributed by atoms with Crippen LogP contribution in [-0.2, 0) is 0 Å². The lowest BCUT2D eigenvalue weighted by Gasteiger charge is -2.15. The summed E-state index contributed by atoms with van der Waals surface area (Å²) in [5, 5.41) is 0. The molecule has 0 fully saturated rings. The van der Waals surface area contributed by atoms with Crippen LogP contribution >= 0.6 is 12.2 Å². The van der Waals surface area contributed by atoms with Crippen LogP contribution in [0.2, 0.25) is 0 Å². The summed E-state index contributed by atoms with van der Waals surface area (Å²) in [6.07, 6.45) is 1.70. The molecule has 0 unspecified atom stereocenters. The SMILES string of the molecule is C=C1C=C(C)Oc2[nH]c(=S)[nH]c(=O)c21. The fourth-order valence-corrected chi connectivity index (χ4v) is 1.53. The Kier molecular flexibility index (Phi) is 1.89.